The first kappa shape index (κ1) is 18.1. The van der Waals surface area contributed by atoms with Gasteiger partial charge in [-0.1, -0.05) is 12.1 Å². The lowest BCUT2D eigenvalue weighted by Gasteiger charge is -2.09. The summed E-state index contributed by atoms with van der Waals surface area (Å²) in [7, 11) is 1.63. The third-order valence-corrected chi connectivity index (χ3v) is 4.32. The van der Waals surface area contributed by atoms with E-state index in [2.05, 4.69) is 20.9 Å². The predicted octanol–water partition coefficient (Wildman–Crippen LogP) is 5.93. The highest BCUT2D eigenvalue weighted by Gasteiger charge is 2.03. The van der Waals surface area contributed by atoms with Gasteiger partial charge in [0.15, 0.2) is 0 Å². The molecule has 0 N–H and O–H groups in total. The maximum absolute atomic E-state index is 12.9. The summed E-state index contributed by atoms with van der Waals surface area (Å²) in [6.07, 6.45) is 1.79. The van der Waals surface area contributed by atoms with E-state index in [-0.39, 0.29) is 5.82 Å². The second-order valence-corrected chi connectivity index (χ2v) is 6.42. The van der Waals surface area contributed by atoms with Gasteiger partial charge in [0.2, 0.25) is 0 Å². The molecule has 0 aromatic heterocycles. The largest absolute Gasteiger partial charge is 0.497 e. The molecule has 0 saturated carbocycles. The number of hydrogen-bond acceptors (Lipinski definition) is 3. The molecule has 0 aliphatic heterocycles. The minimum Gasteiger partial charge on any atom is -0.497 e. The highest BCUT2D eigenvalue weighted by Crippen LogP contribution is 2.27. The van der Waals surface area contributed by atoms with Crippen molar-refractivity contribution in [3.63, 3.8) is 0 Å². The van der Waals surface area contributed by atoms with Gasteiger partial charge in [-0.3, -0.25) is 4.99 Å². The van der Waals surface area contributed by atoms with Crippen LogP contribution in [-0.2, 0) is 6.61 Å². The van der Waals surface area contributed by atoms with Crippen LogP contribution in [0.2, 0.25) is 0 Å². The van der Waals surface area contributed by atoms with E-state index in [4.69, 9.17) is 9.47 Å². The van der Waals surface area contributed by atoms with E-state index in [1.54, 1.807) is 25.5 Å². The standard InChI is InChI=1S/C21H17BrFNO2/c1-25-19-9-7-18(8-10-19)24-13-16-4-11-21(20(22)12-16)26-14-15-2-5-17(23)6-3-15/h2-13H,14H2,1H3. The van der Waals surface area contributed by atoms with Crippen molar-refractivity contribution >= 4 is 27.8 Å². The third kappa shape index (κ3) is 4.92. The monoisotopic (exact) mass is 413 g/mol. The second kappa shape index (κ2) is 8.63. The molecule has 3 aromatic carbocycles. The number of halogens is 2. The predicted molar refractivity (Wildman–Crippen MR) is 105 cm³/mol. The Morgan fingerprint density at radius 3 is 2.38 bits per heavy atom. The molecule has 0 aliphatic rings. The van der Waals surface area contributed by atoms with Crippen molar-refractivity contribution in [3.8, 4) is 11.5 Å². The average Bonchev–Trinajstić information content (AvgIpc) is 2.67. The maximum atomic E-state index is 12.9. The van der Waals surface area contributed by atoms with Crippen LogP contribution in [0.3, 0.4) is 0 Å². The van der Waals surface area contributed by atoms with Crippen LogP contribution >= 0.6 is 15.9 Å². The molecule has 0 fully saturated rings. The number of benzene rings is 3. The first-order valence-corrected chi connectivity index (χ1v) is 8.78. The van der Waals surface area contributed by atoms with E-state index in [9.17, 15) is 4.39 Å². The molecular formula is C21H17BrFNO2. The fourth-order valence-electron chi connectivity index (χ4n) is 2.27. The zero-order valence-electron chi connectivity index (χ0n) is 14.2. The summed E-state index contributed by atoms with van der Waals surface area (Å²) in [5.74, 6) is 1.26. The van der Waals surface area contributed by atoms with Crippen LogP contribution in [0.1, 0.15) is 11.1 Å². The average molecular weight is 414 g/mol. The lowest BCUT2D eigenvalue weighted by Crippen LogP contribution is -1.96. The number of rotatable bonds is 6. The Morgan fingerprint density at radius 2 is 1.73 bits per heavy atom. The molecule has 132 valence electrons. The maximum Gasteiger partial charge on any atom is 0.134 e. The number of ether oxygens (including phenoxy) is 2. The van der Waals surface area contributed by atoms with E-state index in [1.807, 2.05) is 42.5 Å². The summed E-state index contributed by atoms with van der Waals surface area (Å²) >= 11 is 3.51. The van der Waals surface area contributed by atoms with Crippen molar-refractivity contribution in [1.82, 2.24) is 0 Å². The molecule has 0 amide bonds. The van der Waals surface area contributed by atoms with Crippen LogP contribution in [0.25, 0.3) is 0 Å². The van der Waals surface area contributed by atoms with Gasteiger partial charge in [-0.25, -0.2) is 4.39 Å². The van der Waals surface area contributed by atoms with Crippen molar-refractivity contribution in [1.29, 1.82) is 0 Å². The Labute approximate surface area is 160 Å². The lowest BCUT2D eigenvalue weighted by molar-refractivity contribution is 0.304. The normalized spacial score (nSPS) is 10.9. The smallest absolute Gasteiger partial charge is 0.134 e. The van der Waals surface area contributed by atoms with Crippen LogP contribution in [0.4, 0.5) is 10.1 Å². The fraction of sp³-hybridized carbons (Fsp3) is 0.0952. The SMILES string of the molecule is COc1ccc(N=Cc2ccc(OCc3ccc(F)cc3)c(Br)c2)cc1. The van der Waals surface area contributed by atoms with Gasteiger partial charge in [0.25, 0.3) is 0 Å². The molecule has 0 unspecified atom stereocenters. The van der Waals surface area contributed by atoms with Gasteiger partial charge in [0.05, 0.1) is 17.3 Å². The summed E-state index contributed by atoms with van der Waals surface area (Å²) < 4.78 is 24.7. The molecule has 5 heteroatoms. The molecule has 0 radical (unpaired) electrons. The molecule has 0 spiro atoms. The van der Waals surface area contributed by atoms with E-state index in [0.29, 0.717) is 6.61 Å². The van der Waals surface area contributed by atoms with E-state index in [1.165, 1.54) is 12.1 Å². The summed E-state index contributed by atoms with van der Waals surface area (Å²) in [5, 5.41) is 0. The number of hydrogen-bond donors (Lipinski definition) is 0. The zero-order chi connectivity index (χ0) is 18.4. The number of aliphatic imine (C=N–C) groups is 1. The van der Waals surface area contributed by atoms with E-state index >= 15 is 0 Å². The first-order chi connectivity index (χ1) is 12.6. The van der Waals surface area contributed by atoms with Gasteiger partial charge in [-0.05, 0) is 81.7 Å². The minimum atomic E-state index is -0.254. The summed E-state index contributed by atoms with van der Waals surface area (Å²) in [6.45, 7) is 0.373. The molecular weight excluding hydrogens is 397 g/mol. The Hall–Kier alpha value is -2.66. The molecule has 3 rings (SSSR count). The minimum absolute atomic E-state index is 0.254. The summed E-state index contributed by atoms with van der Waals surface area (Å²) in [6, 6.07) is 19.5. The van der Waals surface area contributed by atoms with Crippen molar-refractivity contribution in [2.75, 3.05) is 7.11 Å². The number of nitrogens with zero attached hydrogens (tertiary/aromatic N) is 1. The van der Waals surface area contributed by atoms with Crippen molar-refractivity contribution < 1.29 is 13.9 Å². The Balaban J connectivity index is 1.64. The van der Waals surface area contributed by atoms with Gasteiger partial charge in [-0.2, -0.15) is 0 Å². The Bertz CT molecular complexity index is 893. The highest BCUT2D eigenvalue weighted by molar-refractivity contribution is 9.10. The molecule has 3 nitrogen and oxygen atoms in total. The number of methoxy groups -OCH3 is 1. The quantitative estimate of drug-likeness (QED) is 0.469. The molecule has 0 saturated heterocycles. The fourth-order valence-corrected chi connectivity index (χ4v) is 2.78. The third-order valence-electron chi connectivity index (χ3n) is 3.70. The van der Waals surface area contributed by atoms with Gasteiger partial charge in [0, 0.05) is 6.21 Å². The Morgan fingerprint density at radius 1 is 1.00 bits per heavy atom. The Kier molecular flexibility index (Phi) is 6.02. The summed E-state index contributed by atoms with van der Waals surface area (Å²) in [4.78, 5) is 4.45. The molecule has 0 aliphatic carbocycles. The van der Waals surface area contributed by atoms with Gasteiger partial charge in [0.1, 0.15) is 23.9 Å². The van der Waals surface area contributed by atoms with Crippen molar-refractivity contribution in [2.24, 2.45) is 4.99 Å². The van der Waals surface area contributed by atoms with Crippen molar-refractivity contribution in [2.45, 2.75) is 6.61 Å². The molecule has 0 heterocycles. The van der Waals surface area contributed by atoms with Crippen LogP contribution in [0.15, 0.2) is 76.2 Å². The van der Waals surface area contributed by atoms with Gasteiger partial charge in [-0.15, -0.1) is 0 Å². The van der Waals surface area contributed by atoms with Crippen LogP contribution in [-0.4, -0.2) is 13.3 Å². The highest BCUT2D eigenvalue weighted by atomic mass is 79.9. The summed E-state index contributed by atoms with van der Waals surface area (Å²) in [5.41, 5.74) is 2.70. The molecule has 0 atom stereocenters. The van der Waals surface area contributed by atoms with E-state index < -0.39 is 0 Å². The zero-order valence-corrected chi connectivity index (χ0v) is 15.7. The van der Waals surface area contributed by atoms with E-state index in [0.717, 1.165) is 32.8 Å². The van der Waals surface area contributed by atoms with Gasteiger partial charge < -0.3 is 9.47 Å². The van der Waals surface area contributed by atoms with Crippen LogP contribution < -0.4 is 9.47 Å². The van der Waals surface area contributed by atoms with Crippen LogP contribution in [0.5, 0.6) is 11.5 Å². The second-order valence-electron chi connectivity index (χ2n) is 5.56. The molecule has 3 aromatic rings. The molecule has 26 heavy (non-hydrogen) atoms. The first-order valence-electron chi connectivity index (χ1n) is 7.99. The topological polar surface area (TPSA) is 30.8 Å². The molecule has 0 bridgehead atoms. The van der Waals surface area contributed by atoms with Gasteiger partial charge >= 0.3 is 0 Å². The van der Waals surface area contributed by atoms with Crippen LogP contribution in [0, 0.1) is 5.82 Å². The lowest BCUT2D eigenvalue weighted by atomic mass is 10.2. The van der Waals surface area contributed by atoms with Crippen molar-refractivity contribution in [3.05, 3.63) is 88.1 Å².